The van der Waals surface area contributed by atoms with Crippen LogP contribution in [0.2, 0.25) is 0 Å². The summed E-state index contributed by atoms with van der Waals surface area (Å²) in [4.78, 5) is 12.5. The molecule has 5 nitrogen and oxygen atoms in total. The van der Waals surface area contributed by atoms with Gasteiger partial charge in [0.1, 0.15) is 0 Å². The molecule has 0 heterocycles. The molecule has 0 aromatic heterocycles. The highest BCUT2D eigenvalue weighted by atomic mass is 127. The third-order valence-electron chi connectivity index (χ3n) is 3.32. The molecule has 2 aromatic rings. The van der Waals surface area contributed by atoms with E-state index in [-0.39, 0.29) is 10.8 Å². The van der Waals surface area contributed by atoms with Crippen molar-refractivity contribution in [3.63, 3.8) is 0 Å². The van der Waals surface area contributed by atoms with Gasteiger partial charge in [0.15, 0.2) is 0 Å². The second-order valence-corrected chi connectivity index (χ2v) is 8.48. The van der Waals surface area contributed by atoms with Crippen LogP contribution in [0, 0.1) is 10.5 Å². The van der Waals surface area contributed by atoms with Gasteiger partial charge in [-0.2, -0.15) is 0 Å². The van der Waals surface area contributed by atoms with Crippen molar-refractivity contribution in [2.75, 3.05) is 19.4 Å². The van der Waals surface area contributed by atoms with Crippen LogP contribution in [0.5, 0.6) is 0 Å². The van der Waals surface area contributed by atoms with Crippen LogP contribution < -0.4 is 5.32 Å². The molecule has 23 heavy (non-hydrogen) atoms. The Bertz CT molecular complexity index is 848. The second kappa shape index (κ2) is 6.98. The Morgan fingerprint density at radius 3 is 2.39 bits per heavy atom. The summed E-state index contributed by atoms with van der Waals surface area (Å²) in [6.07, 6.45) is 0. The molecule has 0 saturated heterocycles. The average Bonchev–Trinajstić information content (AvgIpc) is 2.49. The lowest BCUT2D eigenvalue weighted by Gasteiger charge is -2.15. The third-order valence-corrected chi connectivity index (χ3v) is 6.22. The Labute approximate surface area is 149 Å². The summed E-state index contributed by atoms with van der Waals surface area (Å²) >= 11 is 2.09. The average molecular weight is 444 g/mol. The molecule has 2 aromatic carbocycles. The van der Waals surface area contributed by atoms with Gasteiger partial charge in [-0.05, 0) is 59.3 Å². The number of rotatable bonds is 4. The molecular weight excluding hydrogens is 427 g/mol. The Balaban J connectivity index is 2.36. The first-order chi connectivity index (χ1) is 10.7. The molecule has 0 spiro atoms. The van der Waals surface area contributed by atoms with E-state index in [0.29, 0.717) is 16.8 Å². The van der Waals surface area contributed by atoms with Gasteiger partial charge in [0, 0.05) is 23.4 Å². The number of hydrogen-bond acceptors (Lipinski definition) is 3. The van der Waals surface area contributed by atoms with Crippen molar-refractivity contribution in [1.82, 2.24) is 4.31 Å². The van der Waals surface area contributed by atoms with E-state index in [2.05, 4.69) is 27.9 Å². The number of halogens is 1. The summed E-state index contributed by atoms with van der Waals surface area (Å²) in [5.74, 6) is -0.271. The quantitative estimate of drug-likeness (QED) is 0.738. The van der Waals surface area contributed by atoms with Crippen LogP contribution in [0.25, 0.3) is 0 Å². The first kappa shape index (κ1) is 17.9. The van der Waals surface area contributed by atoms with Gasteiger partial charge in [0.2, 0.25) is 10.0 Å². The SMILES string of the molecule is Cc1ccc(NC(=O)c2ccccc2I)cc1S(=O)(=O)N(C)C. The van der Waals surface area contributed by atoms with Gasteiger partial charge in [-0.15, -0.1) is 0 Å². The number of amides is 1. The van der Waals surface area contributed by atoms with Gasteiger partial charge in [0.05, 0.1) is 10.5 Å². The zero-order valence-corrected chi connectivity index (χ0v) is 16.0. The highest BCUT2D eigenvalue weighted by Crippen LogP contribution is 2.23. The number of benzene rings is 2. The highest BCUT2D eigenvalue weighted by Gasteiger charge is 2.20. The Morgan fingerprint density at radius 1 is 1.13 bits per heavy atom. The largest absolute Gasteiger partial charge is 0.322 e. The van der Waals surface area contributed by atoms with Gasteiger partial charge in [-0.1, -0.05) is 18.2 Å². The van der Waals surface area contributed by atoms with Crippen molar-refractivity contribution < 1.29 is 13.2 Å². The molecule has 0 unspecified atom stereocenters. The fraction of sp³-hybridized carbons (Fsp3) is 0.188. The number of aryl methyl sites for hydroxylation is 1. The van der Waals surface area contributed by atoms with Gasteiger partial charge in [-0.3, -0.25) is 4.79 Å². The van der Waals surface area contributed by atoms with E-state index >= 15 is 0 Å². The molecule has 1 amide bonds. The highest BCUT2D eigenvalue weighted by molar-refractivity contribution is 14.1. The predicted molar refractivity (Wildman–Crippen MR) is 99.2 cm³/mol. The van der Waals surface area contributed by atoms with E-state index in [4.69, 9.17) is 0 Å². The van der Waals surface area contributed by atoms with Crippen LogP contribution in [0.3, 0.4) is 0 Å². The molecular formula is C16H17IN2O3S. The minimum Gasteiger partial charge on any atom is -0.322 e. The lowest BCUT2D eigenvalue weighted by Crippen LogP contribution is -2.23. The fourth-order valence-corrected chi connectivity index (χ4v) is 3.77. The fourth-order valence-electron chi connectivity index (χ4n) is 2.00. The molecule has 0 atom stereocenters. The minimum atomic E-state index is -3.56. The second-order valence-electron chi connectivity index (χ2n) is 5.20. The number of sulfonamides is 1. The first-order valence-electron chi connectivity index (χ1n) is 6.82. The molecule has 0 bridgehead atoms. The Kier molecular flexibility index (Phi) is 5.43. The number of nitrogens with one attached hydrogen (secondary N) is 1. The molecule has 0 radical (unpaired) electrons. The number of hydrogen-bond donors (Lipinski definition) is 1. The van der Waals surface area contributed by atoms with E-state index in [1.165, 1.54) is 20.2 Å². The lowest BCUT2D eigenvalue weighted by molar-refractivity contribution is 0.102. The molecule has 7 heteroatoms. The summed E-state index contributed by atoms with van der Waals surface area (Å²) in [5.41, 5.74) is 1.62. The molecule has 2 rings (SSSR count). The molecule has 0 aliphatic heterocycles. The molecule has 1 N–H and O–H groups in total. The topological polar surface area (TPSA) is 66.5 Å². The van der Waals surface area contributed by atoms with E-state index in [0.717, 1.165) is 7.88 Å². The Hall–Kier alpha value is -1.45. The van der Waals surface area contributed by atoms with Gasteiger partial charge >= 0.3 is 0 Å². The van der Waals surface area contributed by atoms with Crippen molar-refractivity contribution in [2.24, 2.45) is 0 Å². The Morgan fingerprint density at radius 2 is 1.78 bits per heavy atom. The number of anilines is 1. The maximum atomic E-state index is 12.3. The van der Waals surface area contributed by atoms with Gasteiger partial charge in [-0.25, -0.2) is 12.7 Å². The van der Waals surface area contributed by atoms with Gasteiger partial charge < -0.3 is 5.32 Å². The number of carbonyl (C=O) groups excluding carboxylic acids is 1. The van der Waals surface area contributed by atoms with Crippen LogP contribution in [0.4, 0.5) is 5.69 Å². The van der Waals surface area contributed by atoms with Crippen LogP contribution >= 0.6 is 22.6 Å². The lowest BCUT2D eigenvalue weighted by atomic mass is 10.2. The number of nitrogens with zero attached hydrogens (tertiary/aromatic N) is 1. The number of carbonyl (C=O) groups is 1. The van der Waals surface area contributed by atoms with E-state index in [9.17, 15) is 13.2 Å². The van der Waals surface area contributed by atoms with Crippen LogP contribution in [-0.4, -0.2) is 32.7 Å². The first-order valence-corrected chi connectivity index (χ1v) is 9.34. The molecule has 122 valence electrons. The summed E-state index contributed by atoms with van der Waals surface area (Å²) in [5, 5.41) is 2.75. The van der Waals surface area contributed by atoms with Crippen LogP contribution in [0.15, 0.2) is 47.4 Å². The van der Waals surface area contributed by atoms with Crippen LogP contribution in [-0.2, 0) is 10.0 Å². The molecule has 0 aliphatic carbocycles. The van der Waals surface area contributed by atoms with E-state index in [1.54, 1.807) is 31.2 Å². The van der Waals surface area contributed by atoms with E-state index in [1.807, 2.05) is 12.1 Å². The maximum absolute atomic E-state index is 12.3. The zero-order valence-electron chi connectivity index (χ0n) is 13.0. The molecule has 0 saturated carbocycles. The molecule has 0 aliphatic rings. The predicted octanol–water partition coefficient (Wildman–Crippen LogP) is 3.10. The van der Waals surface area contributed by atoms with Gasteiger partial charge in [0.25, 0.3) is 5.91 Å². The van der Waals surface area contributed by atoms with Crippen LogP contribution in [0.1, 0.15) is 15.9 Å². The normalized spacial score (nSPS) is 11.5. The van der Waals surface area contributed by atoms with Crippen molar-refractivity contribution in [3.8, 4) is 0 Å². The minimum absolute atomic E-state index is 0.183. The smallest absolute Gasteiger partial charge is 0.256 e. The molecule has 0 fully saturated rings. The summed E-state index contributed by atoms with van der Waals surface area (Å²) in [6.45, 7) is 1.72. The zero-order chi connectivity index (χ0) is 17.2. The van der Waals surface area contributed by atoms with Crippen molar-refractivity contribution in [3.05, 3.63) is 57.2 Å². The summed E-state index contributed by atoms with van der Waals surface area (Å²) in [7, 11) is -0.601. The summed E-state index contributed by atoms with van der Waals surface area (Å²) in [6, 6.07) is 12.1. The van der Waals surface area contributed by atoms with Crippen molar-refractivity contribution >= 4 is 44.2 Å². The van der Waals surface area contributed by atoms with E-state index < -0.39 is 10.0 Å². The monoisotopic (exact) mass is 444 g/mol. The summed E-state index contributed by atoms with van der Waals surface area (Å²) < 4.78 is 26.6. The maximum Gasteiger partial charge on any atom is 0.256 e. The third kappa shape index (κ3) is 3.91. The van der Waals surface area contributed by atoms with Crippen molar-refractivity contribution in [1.29, 1.82) is 0 Å². The van der Waals surface area contributed by atoms with Crippen molar-refractivity contribution in [2.45, 2.75) is 11.8 Å². The standard InChI is InChI=1S/C16H17IN2O3S/c1-11-8-9-12(10-15(11)23(21,22)19(2)3)18-16(20)13-6-4-5-7-14(13)17/h4-10H,1-3H3,(H,18,20).